The van der Waals surface area contributed by atoms with Crippen LogP contribution in [0.4, 0.5) is 4.79 Å². The maximum atomic E-state index is 11.5. The van der Waals surface area contributed by atoms with Gasteiger partial charge in [0.1, 0.15) is 5.75 Å². The molecule has 23 heavy (non-hydrogen) atoms. The van der Waals surface area contributed by atoms with Gasteiger partial charge in [0.25, 0.3) is 5.91 Å². The molecule has 7 heteroatoms. The number of hydrogen-bond donors (Lipinski definition) is 2. The molecule has 0 aliphatic heterocycles. The zero-order valence-electron chi connectivity index (χ0n) is 13.6. The van der Waals surface area contributed by atoms with E-state index in [-0.39, 0.29) is 6.61 Å². The average molecular weight is 322 g/mol. The maximum Gasteiger partial charge on any atom is 0.344 e. The number of aryl methyl sites for hydroxylation is 1. The molecule has 1 rings (SSSR count). The minimum Gasteiger partial charge on any atom is -0.482 e. The summed E-state index contributed by atoms with van der Waals surface area (Å²) in [7, 11) is 0. The van der Waals surface area contributed by atoms with Gasteiger partial charge >= 0.3 is 12.0 Å². The summed E-state index contributed by atoms with van der Waals surface area (Å²) < 4.78 is 10.1. The third-order valence-electron chi connectivity index (χ3n) is 3.05. The van der Waals surface area contributed by atoms with Crippen LogP contribution in [-0.2, 0) is 14.3 Å². The first-order valence-electron chi connectivity index (χ1n) is 7.36. The number of carbonyl (C=O) groups excluding carboxylic acids is 3. The lowest BCUT2D eigenvalue weighted by molar-refractivity contribution is -0.150. The van der Waals surface area contributed by atoms with Gasteiger partial charge in [-0.1, -0.05) is 19.1 Å². The summed E-state index contributed by atoms with van der Waals surface area (Å²) in [6.45, 7) is 5.34. The van der Waals surface area contributed by atoms with Crippen LogP contribution in [0.25, 0.3) is 0 Å². The summed E-state index contributed by atoms with van der Waals surface area (Å²) in [5.74, 6) is -0.793. The second kappa shape index (κ2) is 9.45. The van der Waals surface area contributed by atoms with Crippen molar-refractivity contribution < 1.29 is 23.9 Å². The third-order valence-corrected chi connectivity index (χ3v) is 3.05. The molecular weight excluding hydrogens is 300 g/mol. The highest BCUT2D eigenvalue weighted by molar-refractivity contribution is 5.95. The van der Waals surface area contributed by atoms with Crippen LogP contribution in [-0.4, -0.2) is 37.7 Å². The summed E-state index contributed by atoms with van der Waals surface area (Å²) in [5.41, 5.74) is 1.99. The molecule has 0 heterocycles. The second-order valence-corrected chi connectivity index (χ2v) is 4.95. The number of imide groups is 1. The van der Waals surface area contributed by atoms with Gasteiger partial charge in [-0.25, -0.2) is 9.59 Å². The van der Waals surface area contributed by atoms with Crippen molar-refractivity contribution in [2.45, 2.75) is 27.2 Å². The molecule has 0 aliphatic carbocycles. The summed E-state index contributed by atoms with van der Waals surface area (Å²) in [6, 6.07) is 4.90. The van der Waals surface area contributed by atoms with Crippen molar-refractivity contribution in [1.82, 2.24) is 10.6 Å². The minimum absolute atomic E-state index is 0.306. The van der Waals surface area contributed by atoms with Crippen LogP contribution in [0, 0.1) is 13.8 Å². The van der Waals surface area contributed by atoms with Gasteiger partial charge < -0.3 is 14.8 Å². The highest BCUT2D eigenvalue weighted by Crippen LogP contribution is 2.20. The normalized spacial score (nSPS) is 9.87. The van der Waals surface area contributed by atoms with Gasteiger partial charge in [0.15, 0.2) is 13.2 Å². The Labute approximate surface area is 135 Å². The summed E-state index contributed by atoms with van der Waals surface area (Å²) in [6.07, 6.45) is 0.756. The van der Waals surface area contributed by atoms with E-state index in [0.717, 1.165) is 17.5 Å². The van der Waals surface area contributed by atoms with E-state index in [4.69, 9.17) is 9.47 Å². The van der Waals surface area contributed by atoms with Crippen molar-refractivity contribution in [1.29, 1.82) is 0 Å². The van der Waals surface area contributed by atoms with Gasteiger partial charge in [0.2, 0.25) is 0 Å². The van der Waals surface area contributed by atoms with Crippen LogP contribution in [0.1, 0.15) is 24.5 Å². The Morgan fingerprint density at radius 1 is 1.13 bits per heavy atom. The second-order valence-electron chi connectivity index (χ2n) is 4.95. The van der Waals surface area contributed by atoms with E-state index in [1.807, 2.05) is 32.9 Å². The number of amides is 3. The fourth-order valence-electron chi connectivity index (χ4n) is 1.65. The van der Waals surface area contributed by atoms with Crippen molar-refractivity contribution in [3.63, 3.8) is 0 Å². The Hall–Kier alpha value is -2.57. The van der Waals surface area contributed by atoms with Crippen molar-refractivity contribution in [3.05, 3.63) is 29.3 Å². The quantitative estimate of drug-likeness (QED) is 0.741. The van der Waals surface area contributed by atoms with Crippen molar-refractivity contribution in [2.75, 3.05) is 19.8 Å². The fourth-order valence-corrected chi connectivity index (χ4v) is 1.65. The molecule has 0 saturated carbocycles. The third kappa shape index (κ3) is 6.82. The van der Waals surface area contributed by atoms with Gasteiger partial charge in [-0.05, 0) is 37.5 Å². The Morgan fingerprint density at radius 3 is 2.57 bits per heavy atom. The molecule has 1 aromatic rings. The number of urea groups is 1. The number of esters is 1. The molecule has 3 amide bonds. The minimum atomic E-state index is -0.696. The molecule has 0 bridgehead atoms. The summed E-state index contributed by atoms with van der Waals surface area (Å²) in [5, 5.41) is 4.53. The Bertz CT molecular complexity index is 572. The van der Waals surface area contributed by atoms with Crippen LogP contribution in [0.2, 0.25) is 0 Å². The summed E-state index contributed by atoms with van der Waals surface area (Å²) in [4.78, 5) is 34.2. The van der Waals surface area contributed by atoms with Crippen molar-refractivity contribution >= 4 is 17.9 Å². The molecule has 0 aromatic heterocycles. The number of rotatable bonds is 7. The Morgan fingerprint density at radius 2 is 1.87 bits per heavy atom. The topological polar surface area (TPSA) is 93.7 Å². The van der Waals surface area contributed by atoms with Crippen LogP contribution in [0.3, 0.4) is 0 Å². The van der Waals surface area contributed by atoms with E-state index < -0.39 is 24.5 Å². The molecule has 0 fully saturated rings. The zero-order chi connectivity index (χ0) is 17.2. The lowest BCUT2D eigenvalue weighted by Gasteiger charge is -2.10. The van der Waals surface area contributed by atoms with E-state index in [1.54, 1.807) is 6.07 Å². The molecule has 0 atom stereocenters. The van der Waals surface area contributed by atoms with E-state index in [2.05, 4.69) is 10.6 Å². The molecular formula is C16H22N2O5. The van der Waals surface area contributed by atoms with E-state index in [9.17, 15) is 14.4 Å². The predicted octanol–water partition coefficient (Wildman–Crippen LogP) is 1.46. The van der Waals surface area contributed by atoms with Crippen LogP contribution < -0.4 is 15.4 Å². The van der Waals surface area contributed by atoms with Gasteiger partial charge in [0, 0.05) is 6.54 Å². The fraction of sp³-hybridized carbons (Fsp3) is 0.438. The van der Waals surface area contributed by atoms with E-state index >= 15 is 0 Å². The van der Waals surface area contributed by atoms with E-state index in [0.29, 0.717) is 12.3 Å². The highest BCUT2D eigenvalue weighted by Gasteiger charge is 2.11. The first-order chi connectivity index (χ1) is 10.9. The molecule has 0 aliphatic rings. The standard InChI is InChI=1S/C16H22N2O5/c1-4-8-17-16(21)18-14(19)9-23-15(20)10-22-13-7-5-6-11(2)12(13)3/h5-7H,4,8-10H2,1-3H3,(H2,17,18,19,21). The molecule has 1 aromatic carbocycles. The number of ether oxygens (including phenoxy) is 2. The molecule has 2 N–H and O–H groups in total. The molecule has 0 saturated heterocycles. The lowest BCUT2D eigenvalue weighted by atomic mass is 10.1. The monoisotopic (exact) mass is 322 g/mol. The zero-order valence-corrected chi connectivity index (χ0v) is 13.6. The summed E-state index contributed by atoms with van der Waals surface area (Å²) >= 11 is 0. The van der Waals surface area contributed by atoms with Gasteiger partial charge in [-0.15, -0.1) is 0 Å². The van der Waals surface area contributed by atoms with Crippen molar-refractivity contribution in [3.8, 4) is 5.75 Å². The highest BCUT2D eigenvalue weighted by atomic mass is 16.6. The predicted molar refractivity (Wildman–Crippen MR) is 84.2 cm³/mol. The smallest absolute Gasteiger partial charge is 0.344 e. The van der Waals surface area contributed by atoms with Crippen LogP contribution >= 0.6 is 0 Å². The van der Waals surface area contributed by atoms with Gasteiger partial charge in [-0.3, -0.25) is 10.1 Å². The van der Waals surface area contributed by atoms with Gasteiger partial charge in [0.05, 0.1) is 0 Å². The van der Waals surface area contributed by atoms with Crippen LogP contribution in [0.15, 0.2) is 18.2 Å². The molecule has 7 nitrogen and oxygen atoms in total. The van der Waals surface area contributed by atoms with E-state index in [1.165, 1.54) is 0 Å². The molecule has 0 radical (unpaired) electrons. The lowest BCUT2D eigenvalue weighted by Crippen LogP contribution is -2.41. The molecule has 126 valence electrons. The number of benzene rings is 1. The SMILES string of the molecule is CCCNC(=O)NC(=O)COC(=O)COc1cccc(C)c1C. The first kappa shape index (κ1) is 18.5. The maximum absolute atomic E-state index is 11.5. The molecule has 0 unspecified atom stereocenters. The first-order valence-corrected chi connectivity index (χ1v) is 7.36. The van der Waals surface area contributed by atoms with Gasteiger partial charge in [-0.2, -0.15) is 0 Å². The Kier molecular flexibility index (Phi) is 7.59. The Balaban J connectivity index is 2.30. The van der Waals surface area contributed by atoms with Crippen molar-refractivity contribution in [2.24, 2.45) is 0 Å². The average Bonchev–Trinajstić information content (AvgIpc) is 2.52. The number of carbonyl (C=O) groups is 3. The number of nitrogens with one attached hydrogen (secondary N) is 2. The largest absolute Gasteiger partial charge is 0.482 e. The van der Waals surface area contributed by atoms with Crippen LogP contribution in [0.5, 0.6) is 5.75 Å². The molecule has 0 spiro atoms. The number of hydrogen-bond acceptors (Lipinski definition) is 5.